The first-order valence-electron chi connectivity index (χ1n) is 6.06. The van der Waals surface area contributed by atoms with E-state index in [2.05, 4.69) is 15.6 Å². The SMILES string of the molecule is CC(C)(C)NC(=O)CCNC(=O)c1ccc(=O)[nH]c1. The number of carbonyl (C=O) groups excluding carboxylic acids is 2. The molecular formula is C13H19N3O3. The van der Waals surface area contributed by atoms with Gasteiger partial charge in [-0.05, 0) is 26.8 Å². The Bertz CT molecular complexity index is 494. The summed E-state index contributed by atoms with van der Waals surface area (Å²) in [7, 11) is 0. The van der Waals surface area contributed by atoms with Crippen LogP contribution in [0, 0.1) is 0 Å². The van der Waals surface area contributed by atoms with Gasteiger partial charge >= 0.3 is 0 Å². The molecule has 1 aromatic heterocycles. The standard InChI is InChI=1S/C13H19N3O3/c1-13(2,3)16-11(18)6-7-14-12(19)9-4-5-10(17)15-8-9/h4-5,8H,6-7H2,1-3H3,(H,14,19)(H,15,17)(H,16,18). The maximum Gasteiger partial charge on any atom is 0.252 e. The minimum atomic E-state index is -0.320. The summed E-state index contributed by atoms with van der Waals surface area (Å²) in [5.74, 6) is -0.436. The van der Waals surface area contributed by atoms with Crippen molar-refractivity contribution >= 4 is 11.8 Å². The van der Waals surface area contributed by atoms with Gasteiger partial charge in [0.1, 0.15) is 0 Å². The van der Waals surface area contributed by atoms with Gasteiger partial charge in [0.15, 0.2) is 0 Å². The van der Waals surface area contributed by atoms with Crippen LogP contribution in [-0.4, -0.2) is 28.9 Å². The first-order valence-corrected chi connectivity index (χ1v) is 6.06. The largest absolute Gasteiger partial charge is 0.351 e. The van der Waals surface area contributed by atoms with Crippen LogP contribution in [0.1, 0.15) is 37.6 Å². The molecule has 1 heterocycles. The van der Waals surface area contributed by atoms with Crippen LogP contribution < -0.4 is 16.2 Å². The molecule has 19 heavy (non-hydrogen) atoms. The highest BCUT2D eigenvalue weighted by atomic mass is 16.2. The first-order chi connectivity index (χ1) is 8.78. The predicted octanol–water partition coefficient (Wildman–Crippen LogP) is 0.409. The van der Waals surface area contributed by atoms with Crippen molar-refractivity contribution in [2.75, 3.05) is 6.54 Å². The van der Waals surface area contributed by atoms with Gasteiger partial charge in [-0.15, -0.1) is 0 Å². The van der Waals surface area contributed by atoms with E-state index in [1.807, 2.05) is 20.8 Å². The minimum absolute atomic E-state index is 0.116. The van der Waals surface area contributed by atoms with E-state index in [-0.39, 0.29) is 35.9 Å². The van der Waals surface area contributed by atoms with Crippen molar-refractivity contribution in [3.05, 3.63) is 34.2 Å². The number of pyridine rings is 1. The lowest BCUT2D eigenvalue weighted by molar-refractivity contribution is -0.122. The number of hydrogen-bond acceptors (Lipinski definition) is 3. The predicted molar refractivity (Wildman–Crippen MR) is 71.9 cm³/mol. The molecule has 0 aliphatic carbocycles. The first kappa shape index (κ1) is 14.9. The van der Waals surface area contributed by atoms with Gasteiger partial charge in [-0.1, -0.05) is 0 Å². The summed E-state index contributed by atoms with van der Waals surface area (Å²) in [6.07, 6.45) is 1.55. The molecule has 0 aromatic carbocycles. The second-order valence-electron chi connectivity index (χ2n) is 5.25. The molecule has 0 atom stereocenters. The number of hydrogen-bond donors (Lipinski definition) is 3. The fourth-order valence-electron chi connectivity index (χ4n) is 1.42. The number of nitrogens with one attached hydrogen (secondary N) is 3. The van der Waals surface area contributed by atoms with Gasteiger partial charge < -0.3 is 15.6 Å². The van der Waals surface area contributed by atoms with Gasteiger partial charge in [0.2, 0.25) is 11.5 Å². The van der Waals surface area contributed by atoms with E-state index < -0.39 is 0 Å². The summed E-state index contributed by atoms with van der Waals surface area (Å²) in [6.45, 7) is 5.93. The number of aromatic nitrogens is 1. The summed E-state index contributed by atoms with van der Waals surface area (Å²) in [5.41, 5.74) is -0.183. The second-order valence-corrected chi connectivity index (χ2v) is 5.25. The molecule has 6 nitrogen and oxygen atoms in total. The third kappa shape index (κ3) is 5.85. The quantitative estimate of drug-likeness (QED) is 0.736. The van der Waals surface area contributed by atoms with Crippen molar-refractivity contribution in [1.82, 2.24) is 15.6 Å². The third-order valence-electron chi connectivity index (χ3n) is 2.20. The highest BCUT2D eigenvalue weighted by Gasteiger charge is 2.13. The molecule has 0 fully saturated rings. The highest BCUT2D eigenvalue weighted by molar-refractivity contribution is 5.94. The van der Waals surface area contributed by atoms with E-state index in [4.69, 9.17) is 0 Å². The maximum atomic E-state index is 11.7. The van der Waals surface area contributed by atoms with Crippen molar-refractivity contribution in [2.45, 2.75) is 32.7 Å². The Morgan fingerprint density at radius 2 is 1.95 bits per heavy atom. The molecule has 0 bridgehead atoms. The van der Waals surface area contributed by atoms with E-state index in [1.165, 1.54) is 18.3 Å². The Balaban J connectivity index is 2.37. The maximum absolute atomic E-state index is 11.7. The number of aromatic amines is 1. The van der Waals surface area contributed by atoms with Crippen molar-refractivity contribution in [3.8, 4) is 0 Å². The average Bonchev–Trinajstić information content (AvgIpc) is 2.27. The van der Waals surface area contributed by atoms with E-state index >= 15 is 0 Å². The monoisotopic (exact) mass is 265 g/mol. The molecular weight excluding hydrogens is 246 g/mol. The van der Waals surface area contributed by atoms with E-state index in [0.29, 0.717) is 5.56 Å². The Morgan fingerprint density at radius 1 is 1.26 bits per heavy atom. The molecule has 1 aromatic rings. The van der Waals surface area contributed by atoms with E-state index in [0.717, 1.165) is 0 Å². The topological polar surface area (TPSA) is 91.1 Å². The third-order valence-corrected chi connectivity index (χ3v) is 2.20. The fourth-order valence-corrected chi connectivity index (χ4v) is 1.42. The number of rotatable bonds is 4. The van der Waals surface area contributed by atoms with Crippen LogP contribution >= 0.6 is 0 Å². The molecule has 6 heteroatoms. The Kier molecular flexibility index (Phi) is 4.86. The molecule has 2 amide bonds. The summed E-state index contributed by atoms with van der Waals surface area (Å²) < 4.78 is 0. The van der Waals surface area contributed by atoms with Crippen LogP contribution in [0.2, 0.25) is 0 Å². The van der Waals surface area contributed by atoms with Crippen LogP contribution in [-0.2, 0) is 4.79 Å². The second kappa shape index (κ2) is 6.17. The van der Waals surface area contributed by atoms with Crippen LogP contribution in [0.4, 0.5) is 0 Å². The van der Waals surface area contributed by atoms with Gasteiger partial charge in [0, 0.05) is 30.8 Å². The lowest BCUT2D eigenvalue weighted by Crippen LogP contribution is -2.42. The molecule has 0 saturated carbocycles. The van der Waals surface area contributed by atoms with Gasteiger partial charge in [-0.25, -0.2) is 0 Å². The molecule has 104 valence electrons. The normalized spacial score (nSPS) is 10.9. The smallest absolute Gasteiger partial charge is 0.252 e. The Labute approximate surface area is 111 Å². The van der Waals surface area contributed by atoms with Crippen molar-refractivity contribution in [3.63, 3.8) is 0 Å². The molecule has 0 spiro atoms. The molecule has 1 rings (SSSR count). The molecule has 3 N–H and O–H groups in total. The van der Waals surface area contributed by atoms with Crippen molar-refractivity contribution in [2.24, 2.45) is 0 Å². The number of carbonyl (C=O) groups is 2. The Morgan fingerprint density at radius 3 is 2.47 bits per heavy atom. The molecule has 0 aliphatic heterocycles. The summed E-state index contributed by atoms with van der Waals surface area (Å²) in [6, 6.07) is 2.71. The summed E-state index contributed by atoms with van der Waals surface area (Å²) >= 11 is 0. The fraction of sp³-hybridized carbons (Fsp3) is 0.462. The van der Waals surface area contributed by atoms with Gasteiger partial charge in [-0.3, -0.25) is 14.4 Å². The zero-order valence-corrected chi connectivity index (χ0v) is 11.4. The number of H-pyrrole nitrogens is 1. The van der Waals surface area contributed by atoms with E-state index in [1.54, 1.807) is 0 Å². The van der Waals surface area contributed by atoms with Gasteiger partial charge in [0.25, 0.3) is 5.91 Å². The molecule has 0 saturated heterocycles. The zero-order chi connectivity index (χ0) is 14.5. The van der Waals surface area contributed by atoms with Gasteiger partial charge in [0.05, 0.1) is 5.56 Å². The van der Waals surface area contributed by atoms with Gasteiger partial charge in [-0.2, -0.15) is 0 Å². The van der Waals surface area contributed by atoms with Crippen LogP contribution in [0.3, 0.4) is 0 Å². The van der Waals surface area contributed by atoms with Crippen molar-refractivity contribution in [1.29, 1.82) is 0 Å². The minimum Gasteiger partial charge on any atom is -0.351 e. The summed E-state index contributed by atoms with van der Waals surface area (Å²) in [5, 5.41) is 5.42. The van der Waals surface area contributed by atoms with Crippen LogP contribution in [0.15, 0.2) is 23.1 Å². The lowest BCUT2D eigenvalue weighted by Gasteiger charge is -2.20. The van der Waals surface area contributed by atoms with Crippen molar-refractivity contribution < 1.29 is 9.59 Å². The molecule has 0 unspecified atom stereocenters. The molecule has 0 aliphatic rings. The number of amides is 2. The highest BCUT2D eigenvalue weighted by Crippen LogP contribution is 1.99. The van der Waals surface area contributed by atoms with E-state index in [9.17, 15) is 14.4 Å². The van der Waals surface area contributed by atoms with Crippen LogP contribution in [0.5, 0.6) is 0 Å². The lowest BCUT2D eigenvalue weighted by atomic mass is 10.1. The average molecular weight is 265 g/mol. The zero-order valence-electron chi connectivity index (χ0n) is 11.4. The summed E-state index contributed by atoms with van der Waals surface area (Å²) in [4.78, 5) is 36.4. The van der Waals surface area contributed by atoms with Crippen LogP contribution in [0.25, 0.3) is 0 Å². The molecule has 0 radical (unpaired) electrons. The Hall–Kier alpha value is -2.11.